The molecule has 14 heavy (non-hydrogen) atoms. The molecule has 0 unspecified atom stereocenters. The fourth-order valence-electron chi connectivity index (χ4n) is 1.56. The van der Waals surface area contributed by atoms with Crippen LogP contribution in [0.25, 0.3) is 0 Å². The van der Waals surface area contributed by atoms with Crippen LogP contribution < -0.4 is 5.73 Å². The first-order valence-electron chi connectivity index (χ1n) is 4.30. The Morgan fingerprint density at radius 1 is 1.43 bits per heavy atom. The SMILES string of the molecule is CC(=O)N1CCC[C@H]1C(=O)OC(N)=O. The van der Waals surface area contributed by atoms with Crippen LogP contribution in [-0.2, 0) is 14.3 Å². The lowest BCUT2D eigenvalue weighted by molar-refractivity contribution is -0.147. The zero-order valence-electron chi connectivity index (χ0n) is 7.86. The van der Waals surface area contributed by atoms with Gasteiger partial charge < -0.3 is 15.4 Å². The highest BCUT2D eigenvalue weighted by atomic mass is 16.6. The number of nitrogens with zero attached hydrogens (tertiary/aromatic N) is 1. The number of carbonyl (C=O) groups excluding carboxylic acids is 3. The largest absolute Gasteiger partial charge is 0.412 e. The summed E-state index contributed by atoms with van der Waals surface area (Å²) >= 11 is 0. The highest BCUT2D eigenvalue weighted by Crippen LogP contribution is 2.18. The number of likely N-dealkylation sites (tertiary alicyclic amines) is 1. The van der Waals surface area contributed by atoms with Crippen molar-refractivity contribution in [2.24, 2.45) is 5.73 Å². The molecule has 1 rings (SSSR count). The van der Waals surface area contributed by atoms with E-state index in [2.05, 4.69) is 4.74 Å². The molecule has 2 amide bonds. The van der Waals surface area contributed by atoms with E-state index in [1.54, 1.807) is 0 Å². The van der Waals surface area contributed by atoms with E-state index < -0.39 is 18.1 Å². The van der Waals surface area contributed by atoms with Crippen LogP contribution >= 0.6 is 0 Å². The fourth-order valence-corrected chi connectivity index (χ4v) is 1.56. The van der Waals surface area contributed by atoms with E-state index in [0.717, 1.165) is 6.42 Å². The number of rotatable bonds is 1. The highest BCUT2D eigenvalue weighted by Gasteiger charge is 2.34. The lowest BCUT2D eigenvalue weighted by atomic mass is 10.2. The van der Waals surface area contributed by atoms with Crippen LogP contribution in [0.4, 0.5) is 4.79 Å². The predicted octanol–water partition coefficient (Wildman–Crippen LogP) is -0.381. The standard InChI is InChI=1S/C8H12N2O4/c1-5(11)10-4-2-3-6(10)7(12)14-8(9)13/h6H,2-4H2,1H3,(H2,9,13)/t6-/m0/s1. The van der Waals surface area contributed by atoms with Crippen molar-refractivity contribution in [3.05, 3.63) is 0 Å². The Morgan fingerprint density at radius 3 is 2.57 bits per heavy atom. The van der Waals surface area contributed by atoms with Gasteiger partial charge >= 0.3 is 12.1 Å². The van der Waals surface area contributed by atoms with Gasteiger partial charge in [0.2, 0.25) is 5.91 Å². The quantitative estimate of drug-likeness (QED) is 0.461. The molecule has 0 spiro atoms. The van der Waals surface area contributed by atoms with Gasteiger partial charge in [-0.25, -0.2) is 9.59 Å². The maximum atomic E-state index is 11.3. The second-order valence-electron chi connectivity index (χ2n) is 3.11. The maximum Gasteiger partial charge on any atom is 0.412 e. The Balaban J connectivity index is 2.62. The Kier molecular flexibility index (Phi) is 3.06. The summed E-state index contributed by atoms with van der Waals surface area (Å²) in [6.45, 7) is 1.89. The lowest BCUT2D eigenvalue weighted by Crippen LogP contribution is -2.41. The van der Waals surface area contributed by atoms with E-state index in [0.29, 0.717) is 13.0 Å². The Bertz CT molecular complexity index is 277. The molecular weight excluding hydrogens is 188 g/mol. The molecular formula is C8H12N2O4. The van der Waals surface area contributed by atoms with Crippen molar-refractivity contribution in [1.82, 2.24) is 4.90 Å². The summed E-state index contributed by atoms with van der Waals surface area (Å²) < 4.78 is 4.22. The minimum atomic E-state index is -1.13. The first kappa shape index (κ1) is 10.5. The van der Waals surface area contributed by atoms with Crippen molar-refractivity contribution in [1.29, 1.82) is 0 Å². The molecule has 78 valence electrons. The zero-order chi connectivity index (χ0) is 10.7. The third-order valence-corrected chi connectivity index (χ3v) is 2.13. The summed E-state index contributed by atoms with van der Waals surface area (Å²) in [4.78, 5) is 34.0. The van der Waals surface area contributed by atoms with Crippen LogP contribution in [0, 0.1) is 0 Å². The van der Waals surface area contributed by atoms with Gasteiger partial charge in [0, 0.05) is 13.5 Å². The molecule has 1 heterocycles. The molecule has 0 aromatic heterocycles. The Labute approximate surface area is 81.0 Å². The number of carbonyl (C=O) groups is 3. The summed E-state index contributed by atoms with van der Waals surface area (Å²) in [7, 11) is 0. The molecule has 2 N–H and O–H groups in total. The second kappa shape index (κ2) is 4.08. The predicted molar refractivity (Wildman–Crippen MR) is 46.1 cm³/mol. The van der Waals surface area contributed by atoms with Gasteiger partial charge in [0.15, 0.2) is 0 Å². The molecule has 6 heteroatoms. The second-order valence-corrected chi connectivity index (χ2v) is 3.11. The summed E-state index contributed by atoms with van der Waals surface area (Å²) in [5, 5.41) is 0. The van der Waals surface area contributed by atoms with Gasteiger partial charge in [-0.05, 0) is 12.8 Å². The minimum absolute atomic E-state index is 0.200. The molecule has 1 aliphatic rings. The minimum Gasteiger partial charge on any atom is -0.375 e. The number of hydrogen-bond donors (Lipinski definition) is 1. The van der Waals surface area contributed by atoms with Crippen LogP contribution in [0.15, 0.2) is 0 Å². The van der Waals surface area contributed by atoms with E-state index in [1.807, 2.05) is 0 Å². The summed E-state index contributed by atoms with van der Waals surface area (Å²) in [5.74, 6) is -0.945. The highest BCUT2D eigenvalue weighted by molar-refractivity contribution is 5.90. The average molecular weight is 200 g/mol. The molecule has 1 atom stereocenters. The number of primary amides is 1. The Morgan fingerprint density at radius 2 is 2.07 bits per heavy atom. The molecule has 0 saturated carbocycles. The van der Waals surface area contributed by atoms with Crippen molar-refractivity contribution >= 4 is 18.0 Å². The third kappa shape index (κ3) is 2.21. The number of ether oxygens (including phenoxy) is 1. The molecule has 0 aliphatic carbocycles. The molecule has 1 fully saturated rings. The number of hydrogen-bond acceptors (Lipinski definition) is 4. The zero-order valence-corrected chi connectivity index (χ0v) is 7.86. The third-order valence-electron chi connectivity index (χ3n) is 2.13. The molecule has 0 aromatic carbocycles. The van der Waals surface area contributed by atoms with Gasteiger partial charge in [0.25, 0.3) is 0 Å². The van der Waals surface area contributed by atoms with Crippen molar-refractivity contribution in [2.75, 3.05) is 6.54 Å². The van der Waals surface area contributed by atoms with Gasteiger partial charge in [-0.3, -0.25) is 4.79 Å². The summed E-state index contributed by atoms with van der Waals surface area (Å²) in [6, 6.07) is -0.653. The summed E-state index contributed by atoms with van der Waals surface area (Å²) in [6.07, 6.45) is 0.120. The van der Waals surface area contributed by atoms with Crippen LogP contribution in [-0.4, -0.2) is 35.5 Å². The van der Waals surface area contributed by atoms with Crippen molar-refractivity contribution < 1.29 is 19.1 Å². The van der Waals surface area contributed by atoms with Crippen LogP contribution in [0.5, 0.6) is 0 Å². The number of esters is 1. The van der Waals surface area contributed by atoms with E-state index in [4.69, 9.17) is 5.73 Å². The Hall–Kier alpha value is -1.59. The van der Waals surface area contributed by atoms with E-state index in [-0.39, 0.29) is 5.91 Å². The first-order chi connectivity index (χ1) is 6.52. The molecule has 0 aromatic rings. The van der Waals surface area contributed by atoms with Crippen LogP contribution in [0.3, 0.4) is 0 Å². The monoisotopic (exact) mass is 200 g/mol. The van der Waals surface area contributed by atoms with E-state index >= 15 is 0 Å². The molecule has 1 aliphatic heterocycles. The molecule has 0 radical (unpaired) electrons. The van der Waals surface area contributed by atoms with Crippen molar-refractivity contribution in [3.8, 4) is 0 Å². The topological polar surface area (TPSA) is 89.7 Å². The van der Waals surface area contributed by atoms with Gasteiger partial charge in [-0.1, -0.05) is 0 Å². The molecule has 0 bridgehead atoms. The summed E-state index contributed by atoms with van der Waals surface area (Å²) in [5.41, 5.74) is 4.70. The normalized spacial score (nSPS) is 20.6. The lowest BCUT2D eigenvalue weighted by Gasteiger charge is -2.20. The molecule has 6 nitrogen and oxygen atoms in total. The average Bonchev–Trinajstić information content (AvgIpc) is 2.49. The first-order valence-corrected chi connectivity index (χ1v) is 4.30. The van der Waals surface area contributed by atoms with Gasteiger partial charge in [-0.2, -0.15) is 0 Å². The van der Waals surface area contributed by atoms with Crippen LogP contribution in [0.1, 0.15) is 19.8 Å². The fraction of sp³-hybridized carbons (Fsp3) is 0.625. The maximum absolute atomic E-state index is 11.3. The van der Waals surface area contributed by atoms with Gasteiger partial charge in [-0.15, -0.1) is 0 Å². The smallest absolute Gasteiger partial charge is 0.375 e. The van der Waals surface area contributed by atoms with E-state index in [9.17, 15) is 14.4 Å². The number of amides is 2. The van der Waals surface area contributed by atoms with Crippen molar-refractivity contribution in [3.63, 3.8) is 0 Å². The van der Waals surface area contributed by atoms with Crippen LogP contribution in [0.2, 0.25) is 0 Å². The number of nitrogens with two attached hydrogens (primary N) is 1. The molecule has 1 saturated heterocycles. The van der Waals surface area contributed by atoms with Crippen molar-refractivity contribution in [2.45, 2.75) is 25.8 Å². The van der Waals surface area contributed by atoms with Gasteiger partial charge in [0.1, 0.15) is 6.04 Å². The van der Waals surface area contributed by atoms with Gasteiger partial charge in [0.05, 0.1) is 0 Å². The van der Waals surface area contributed by atoms with E-state index in [1.165, 1.54) is 11.8 Å².